The van der Waals surface area contributed by atoms with Crippen LogP contribution in [0.15, 0.2) is 23.6 Å². The minimum Gasteiger partial charge on any atom is -0.505 e. The van der Waals surface area contributed by atoms with Crippen LogP contribution in [0.1, 0.15) is 30.6 Å². The normalized spacial score (nSPS) is 14.9. The van der Waals surface area contributed by atoms with Crippen molar-refractivity contribution in [1.82, 2.24) is 10.3 Å². The van der Waals surface area contributed by atoms with Gasteiger partial charge in [-0.15, -0.1) is 0 Å². The molecule has 0 bridgehead atoms. The molecule has 1 aromatic rings. The number of nitrogens with two attached hydrogens (primary N) is 1. The zero-order valence-corrected chi connectivity index (χ0v) is 10.2. The van der Waals surface area contributed by atoms with E-state index in [0.29, 0.717) is 6.42 Å². The number of nitrogens with zero attached hydrogens (tertiary/aromatic N) is 2. The summed E-state index contributed by atoms with van der Waals surface area (Å²) in [5.41, 5.74) is 4.63. The van der Waals surface area contributed by atoms with Crippen molar-refractivity contribution >= 4 is 11.7 Å². The minimum absolute atomic E-state index is 0.0791. The smallest absolute Gasteiger partial charge is 0.255 e. The van der Waals surface area contributed by atoms with Crippen molar-refractivity contribution < 1.29 is 15.1 Å². The highest BCUT2D eigenvalue weighted by atomic mass is 16.4. The predicted molar refractivity (Wildman–Crippen MR) is 65.5 cm³/mol. The lowest BCUT2D eigenvalue weighted by Crippen LogP contribution is -2.55. The van der Waals surface area contributed by atoms with Gasteiger partial charge in [0.05, 0.1) is 17.3 Å². The van der Waals surface area contributed by atoms with Crippen molar-refractivity contribution in [2.24, 2.45) is 10.9 Å². The maximum absolute atomic E-state index is 12.0. The summed E-state index contributed by atoms with van der Waals surface area (Å²) in [7, 11) is 0. The Morgan fingerprint density at radius 3 is 2.83 bits per heavy atom. The molecule has 0 saturated heterocycles. The van der Waals surface area contributed by atoms with Crippen LogP contribution in [0.3, 0.4) is 0 Å². The van der Waals surface area contributed by atoms with Crippen LogP contribution in [-0.2, 0) is 0 Å². The zero-order chi connectivity index (χ0) is 13.8. The van der Waals surface area contributed by atoms with Crippen LogP contribution in [0.25, 0.3) is 0 Å². The number of amidine groups is 1. The number of aromatic hydroxyl groups is 1. The SMILES string of the molecule is CCC(C)(NC(=O)c1ccncc1O)/C(N)=N/O. The topological polar surface area (TPSA) is 121 Å². The monoisotopic (exact) mass is 252 g/mol. The molecule has 0 spiro atoms. The van der Waals surface area contributed by atoms with Gasteiger partial charge < -0.3 is 21.4 Å². The van der Waals surface area contributed by atoms with Gasteiger partial charge in [-0.25, -0.2) is 0 Å². The Balaban J connectivity index is 2.97. The number of amides is 1. The number of pyridine rings is 1. The van der Waals surface area contributed by atoms with Crippen LogP contribution in [0.4, 0.5) is 0 Å². The maximum Gasteiger partial charge on any atom is 0.255 e. The van der Waals surface area contributed by atoms with E-state index in [4.69, 9.17) is 10.9 Å². The fourth-order valence-electron chi connectivity index (χ4n) is 1.34. The third kappa shape index (κ3) is 2.68. The molecule has 7 heteroatoms. The molecule has 5 N–H and O–H groups in total. The van der Waals surface area contributed by atoms with Gasteiger partial charge in [-0.1, -0.05) is 12.1 Å². The number of hydrogen-bond acceptors (Lipinski definition) is 5. The summed E-state index contributed by atoms with van der Waals surface area (Å²) >= 11 is 0. The van der Waals surface area contributed by atoms with Gasteiger partial charge in [-0.2, -0.15) is 0 Å². The first-order valence-corrected chi connectivity index (χ1v) is 5.38. The van der Waals surface area contributed by atoms with Crippen LogP contribution in [0.2, 0.25) is 0 Å². The third-order valence-electron chi connectivity index (χ3n) is 2.81. The van der Waals surface area contributed by atoms with Crippen LogP contribution >= 0.6 is 0 Å². The van der Waals surface area contributed by atoms with E-state index in [0.717, 1.165) is 0 Å². The molecule has 0 saturated carbocycles. The van der Waals surface area contributed by atoms with Crippen LogP contribution in [-0.4, -0.2) is 32.6 Å². The van der Waals surface area contributed by atoms with Crippen molar-refractivity contribution in [1.29, 1.82) is 0 Å². The summed E-state index contributed by atoms with van der Waals surface area (Å²) in [6.45, 7) is 3.41. The second-order valence-corrected chi connectivity index (χ2v) is 4.02. The second-order valence-electron chi connectivity index (χ2n) is 4.02. The molecule has 0 aromatic carbocycles. The quantitative estimate of drug-likeness (QED) is 0.268. The second kappa shape index (κ2) is 5.35. The first-order valence-electron chi connectivity index (χ1n) is 5.38. The molecular formula is C11H16N4O3. The summed E-state index contributed by atoms with van der Waals surface area (Å²) in [6.07, 6.45) is 2.99. The van der Waals surface area contributed by atoms with Crippen LogP contribution in [0, 0.1) is 0 Å². The number of rotatable bonds is 4. The average molecular weight is 252 g/mol. The molecule has 7 nitrogen and oxygen atoms in total. The summed E-state index contributed by atoms with van der Waals surface area (Å²) in [5, 5.41) is 23.7. The number of hydrogen-bond donors (Lipinski definition) is 4. The van der Waals surface area contributed by atoms with Gasteiger partial charge >= 0.3 is 0 Å². The standard InChI is InChI=1S/C11H16N4O3/c1-3-11(2,10(12)15-18)14-9(17)7-4-5-13-6-8(7)16/h4-6,16,18H,3H2,1-2H3,(H2,12,15)(H,14,17). The summed E-state index contributed by atoms with van der Waals surface area (Å²) < 4.78 is 0. The lowest BCUT2D eigenvalue weighted by Gasteiger charge is -2.28. The summed E-state index contributed by atoms with van der Waals surface area (Å²) in [6, 6.07) is 1.38. The van der Waals surface area contributed by atoms with Crippen molar-refractivity contribution in [2.75, 3.05) is 0 Å². The maximum atomic E-state index is 12.0. The average Bonchev–Trinajstić information content (AvgIpc) is 2.37. The van der Waals surface area contributed by atoms with Crippen molar-refractivity contribution in [3.8, 4) is 5.75 Å². The fourth-order valence-corrected chi connectivity index (χ4v) is 1.34. The van der Waals surface area contributed by atoms with Gasteiger partial charge in [0.25, 0.3) is 5.91 Å². The molecular weight excluding hydrogens is 236 g/mol. The van der Waals surface area contributed by atoms with Crippen molar-refractivity contribution in [3.63, 3.8) is 0 Å². The molecule has 0 radical (unpaired) electrons. The highest BCUT2D eigenvalue weighted by molar-refractivity contribution is 6.01. The summed E-state index contributed by atoms with van der Waals surface area (Å²) in [4.78, 5) is 15.6. The van der Waals surface area contributed by atoms with Crippen molar-refractivity contribution in [2.45, 2.75) is 25.8 Å². The van der Waals surface area contributed by atoms with Gasteiger partial charge in [-0.05, 0) is 19.4 Å². The lowest BCUT2D eigenvalue weighted by molar-refractivity contribution is 0.0922. The van der Waals surface area contributed by atoms with Gasteiger partial charge in [0, 0.05) is 6.20 Å². The minimum atomic E-state index is -0.985. The van der Waals surface area contributed by atoms with E-state index < -0.39 is 11.4 Å². The van der Waals surface area contributed by atoms with Crippen LogP contribution in [0.5, 0.6) is 5.75 Å². The number of carbonyl (C=O) groups is 1. The first-order chi connectivity index (χ1) is 8.44. The van der Waals surface area contributed by atoms with E-state index in [1.54, 1.807) is 13.8 Å². The van der Waals surface area contributed by atoms with E-state index in [-0.39, 0.29) is 17.1 Å². The zero-order valence-electron chi connectivity index (χ0n) is 10.2. The molecule has 1 aromatic heterocycles. The van der Waals surface area contributed by atoms with E-state index in [1.165, 1.54) is 18.5 Å². The van der Waals surface area contributed by atoms with E-state index in [1.807, 2.05) is 0 Å². The molecule has 1 atom stereocenters. The Bertz CT molecular complexity index is 475. The summed E-state index contributed by atoms with van der Waals surface area (Å²) in [5.74, 6) is -0.856. The molecule has 0 aliphatic heterocycles. The molecule has 1 rings (SSSR count). The van der Waals surface area contributed by atoms with Crippen molar-refractivity contribution in [3.05, 3.63) is 24.0 Å². The highest BCUT2D eigenvalue weighted by Gasteiger charge is 2.30. The molecule has 0 fully saturated rings. The number of nitrogens with one attached hydrogen (secondary N) is 1. The molecule has 0 aliphatic carbocycles. The van der Waals surface area contributed by atoms with E-state index >= 15 is 0 Å². The Labute approximate surface area is 104 Å². The molecule has 0 aliphatic rings. The van der Waals surface area contributed by atoms with Gasteiger partial charge in [0.1, 0.15) is 5.75 Å². The highest BCUT2D eigenvalue weighted by Crippen LogP contribution is 2.16. The van der Waals surface area contributed by atoms with Gasteiger partial charge in [0.2, 0.25) is 0 Å². The number of oxime groups is 1. The first kappa shape index (κ1) is 13.8. The Hall–Kier alpha value is -2.31. The van der Waals surface area contributed by atoms with Gasteiger partial charge in [-0.3, -0.25) is 9.78 Å². The van der Waals surface area contributed by atoms with E-state index in [9.17, 15) is 9.90 Å². The molecule has 18 heavy (non-hydrogen) atoms. The molecule has 98 valence electrons. The molecule has 1 amide bonds. The fraction of sp³-hybridized carbons (Fsp3) is 0.364. The Morgan fingerprint density at radius 1 is 1.67 bits per heavy atom. The largest absolute Gasteiger partial charge is 0.505 e. The number of aromatic nitrogens is 1. The Morgan fingerprint density at radius 2 is 2.33 bits per heavy atom. The lowest BCUT2D eigenvalue weighted by atomic mass is 9.97. The third-order valence-corrected chi connectivity index (χ3v) is 2.81. The van der Waals surface area contributed by atoms with Crippen LogP contribution < -0.4 is 11.1 Å². The Kier molecular flexibility index (Phi) is 4.09. The van der Waals surface area contributed by atoms with Gasteiger partial charge in [0.15, 0.2) is 5.84 Å². The molecule has 1 heterocycles. The predicted octanol–water partition coefficient (Wildman–Crippen LogP) is 0.432. The number of carbonyl (C=O) groups excluding carboxylic acids is 1. The van der Waals surface area contributed by atoms with E-state index in [2.05, 4.69) is 15.5 Å². The molecule has 1 unspecified atom stereocenters.